The van der Waals surface area contributed by atoms with Crippen molar-refractivity contribution in [2.24, 2.45) is 10.7 Å². The highest BCUT2D eigenvalue weighted by atomic mass is 16.5. The second-order valence-corrected chi connectivity index (χ2v) is 4.51. The Kier molecular flexibility index (Phi) is 4.22. The van der Waals surface area contributed by atoms with E-state index in [2.05, 4.69) is 16.4 Å². The second kappa shape index (κ2) is 5.89. The first-order valence-electron chi connectivity index (χ1n) is 6.17. The first kappa shape index (κ1) is 11.5. The van der Waals surface area contributed by atoms with Crippen molar-refractivity contribution < 1.29 is 4.74 Å². The number of ether oxygens (including phenoxy) is 1. The van der Waals surface area contributed by atoms with E-state index in [1.165, 1.54) is 31.3 Å². The van der Waals surface area contributed by atoms with E-state index in [0.29, 0.717) is 12.0 Å². The molecule has 1 fully saturated rings. The predicted molar refractivity (Wildman–Crippen MR) is 65.4 cm³/mol. The molecule has 1 heterocycles. The molecule has 0 spiro atoms. The number of hydrogen-bond acceptors (Lipinski definition) is 2. The van der Waals surface area contributed by atoms with Gasteiger partial charge in [-0.15, -0.1) is 0 Å². The molecule has 0 aromatic carbocycles. The van der Waals surface area contributed by atoms with Crippen LogP contribution in [0.2, 0.25) is 0 Å². The summed E-state index contributed by atoms with van der Waals surface area (Å²) in [7, 11) is 0. The number of nitrogens with zero attached hydrogens (tertiary/aromatic N) is 1. The Hall–Kier alpha value is -1.03. The van der Waals surface area contributed by atoms with Crippen LogP contribution in [0.1, 0.15) is 32.1 Å². The molecule has 0 unspecified atom stereocenters. The van der Waals surface area contributed by atoms with Crippen LogP contribution in [0.5, 0.6) is 0 Å². The molecule has 0 aromatic heterocycles. The number of hydrogen-bond donors (Lipinski definition) is 2. The lowest BCUT2D eigenvalue weighted by molar-refractivity contribution is 0.154. The van der Waals surface area contributed by atoms with Gasteiger partial charge >= 0.3 is 0 Å². The normalized spacial score (nSPS) is 23.2. The van der Waals surface area contributed by atoms with Gasteiger partial charge in [0.05, 0.1) is 19.8 Å². The minimum Gasteiger partial charge on any atom is -0.377 e. The molecule has 2 rings (SSSR count). The molecule has 1 aliphatic heterocycles. The molecule has 2 aliphatic rings. The van der Waals surface area contributed by atoms with Crippen LogP contribution in [-0.4, -0.2) is 31.8 Å². The molecule has 0 aromatic rings. The summed E-state index contributed by atoms with van der Waals surface area (Å²) in [6.45, 7) is 2.26. The summed E-state index contributed by atoms with van der Waals surface area (Å²) in [5.74, 6) is 0.597. The predicted octanol–water partition coefficient (Wildman–Crippen LogP) is 1.18. The highest BCUT2D eigenvalue weighted by molar-refractivity contribution is 5.78. The van der Waals surface area contributed by atoms with Crippen LogP contribution >= 0.6 is 0 Å². The summed E-state index contributed by atoms with van der Waals surface area (Å²) in [4.78, 5) is 4.37. The highest BCUT2D eigenvalue weighted by Gasteiger charge is 2.14. The summed E-state index contributed by atoms with van der Waals surface area (Å²) >= 11 is 0. The van der Waals surface area contributed by atoms with Crippen molar-refractivity contribution >= 4 is 5.96 Å². The summed E-state index contributed by atoms with van der Waals surface area (Å²) in [5, 5.41) is 3.29. The lowest BCUT2D eigenvalue weighted by Crippen LogP contribution is -2.38. The molecule has 1 saturated carbocycles. The van der Waals surface area contributed by atoms with Gasteiger partial charge in [-0.3, -0.25) is 0 Å². The zero-order chi connectivity index (χ0) is 11.2. The van der Waals surface area contributed by atoms with Gasteiger partial charge < -0.3 is 15.8 Å². The molecule has 0 atom stereocenters. The summed E-state index contributed by atoms with van der Waals surface area (Å²) in [5.41, 5.74) is 7.19. The summed E-state index contributed by atoms with van der Waals surface area (Å²) in [6.07, 6.45) is 8.18. The quantitative estimate of drug-likeness (QED) is 0.429. The van der Waals surface area contributed by atoms with Crippen molar-refractivity contribution in [1.82, 2.24) is 5.32 Å². The van der Waals surface area contributed by atoms with Gasteiger partial charge in [0.1, 0.15) is 0 Å². The average molecular weight is 223 g/mol. The first-order valence-corrected chi connectivity index (χ1v) is 6.17. The molecule has 0 bridgehead atoms. The number of nitrogens with two attached hydrogens (primary N) is 1. The zero-order valence-corrected chi connectivity index (χ0v) is 9.74. The third kappa shape index (κ3) is 3.52. The Labute approximate surface area is 97.0 Å². The van der Waals surface area contributed by atoms with Gasteiger partial charge in [-0.05, 0) is 24.8 Å². The smallest absolute Gasteiger partial charge is 0.189 e. The number of aliphatic imine (C=N–C) groups is 1. The van der Waals surface area contributed by atoms with Crippen LogP contribution in [0, 0.1) is 0 Å². The Morgan fingerprint density at radius 1 is 1.50 bits per heavy atom. The van der Waals surface area contributed by atoms with E-state index in [1.807, 2.05) is 0 Å². The molecule has 0 amide bonds. The molecular formula is C12H21N3O. The van der Waals surface area contributed by atoms with E-state index < -0.39 is 0 Å². The third-order valence-electron chi connectivity index (χ3n) is 3.22. The summed E-state index contributed by atoms with van der Waals surface area (Å²) in [6, 6.07) is 0.549. The lowest BCUT2D eigenvalue weighted by atomic mass is 10.1. The summed E-state index contributed by atoms with van der Waals surface area (Å²) < 4.78 is 5.24. The molecule has 90 valence electrons. The first-order chi connectivity index (χ1) is 7.84. The van der Waals surface area contributed by atoms with Crippen molar-refractivity contribution in [2.75, 3.05) is 19.8 Å². The number of nitrogens with one attached hydrogen (secondary N) is 1. The van der Waals surface area contributed by atoms with Crippen LogP contribution in [0.25, 0.3) is 0 Å². The van der Waals surface area contributed by atoms with Crippen molar-refractivity contribution in [3.63, 3.8) is 0 Å². The minimum atomic E-state index is 0.549. The van der Waals surface area contributed by atoms with Crippen molar-refractivity contribution in [3.8, 4) is 0 Å². The van der Waals surface area contributed by atoms with Crippen molar-refractivity contribution in [3.05, 3.63) is 11.6 Å². The monoisotopic (exact) mass is 223 g/mol. The maximum atomic E-state index is 5.85. The molecule has 4 nitrogen and oxygen atoms in total. The fourth-order valence-corrected chi connectivity index (χ4v) is 2.22. The minimum absolute atomic E-state index is 0.549. The van der Waals surface area contributed by atoms with E-state index in [1.54, 1.807) is 0 Å². The third-order valence-corrected chi connectivity index (χ3v) is 3.22. The van der Waals surface area contributed by atoms with E-state index in [4.69, 9.17) is 10.5 Å². The van der Waals surface area contributed by atoms with Crippen LogP contribution in [0.15, 0.2) is 16.6 Å². The molecule has 4 heteroatoms. The van der Waals surface area contributed by atoms with E-state index in [0.717, 1.165) is 26.2 Å². The lowest BCUT2D eigenvalue weighted by Gasteiger charge is -2.14. The fourth-order valence-electron chi connectivity index (χ4n) is 2.22. The van der Waals surface area contributed by atoms with E-state index >= 15 is 0 Å². The van der Waals surface area contributed by atoms with Crippen molar-refractivity contribution in [2.45, 2.75) is 38.1 Å². The molecule has 0 radical (unpaired) electrons. The SMILES string of the molecule is NC(=NCC1=CCOCC1)NC1CCCC1. The van der Waals surface area contributed by atoms with Gasteiger partial charge in [0, 0.05) is 6.04 Å². The number of rotatable bonds is 3. The zero-order valence-electron chi connectivity index (χ0n) is 9.74. The standard InChI is InChI=1S/C12H21N3O/c13-12(15-11-3-1-2-4-11)14-9-10-5-7-16-8-6-10/h5,11H,1-4,6-9H2,(H3,13,14,15). The Balaban J connectivity index is 1.74. The molecule has 1 aliphatic carbocycles. The van der Waals surface area contributed by atoms with E-state index in [9.17, 15) is 0 Å². The van der Waals surface area contributed by atoms with Gasteiger partial charge in [0.25, 0.3) is 0 Å². The molecular weight excluding hydrogens is 202 g/mol. The number of guanidine groups is 1. The van der Waals surface area contributed by atoms with Gasteiger partial charge in [0.2, 0.25) is 0 Å². The maximum absolute atomic E-state index is 5.85. The van der Waals surface area contributed by atoms with Gasteiger partial charge in [-0.25, -0.2) is 4.99 Å². The van der Waals surface area contributed by atoms with Gasteiger partial charge in [-0.2, -0.15) is 0 Å². The van der Waals surface area contributed by atoms with Gasteiger partial charge in [0.15, 0.2) is 5.96 Å². The van der Waals surface area contributed by atoms with Crippen LogP contribution < -0.4 is 11.1 Å². The van der Waals surface area contributed by atoms with Crippen molar-refractivity contribution in [1.29, 1.82) is 0 Å². The Morgan fingerprint density at radius 3 is 3.00 bits per heavy atom. The molecule has 3 N–H and O–H groups in total. The van der Waals surface area contributed by atoms with Crippen LogP contribution in [0.4, 0.5) is 0 Å². The van der Waals surface area contributed by atoms with Gasteiger partial charge in [-0.1, -0.05) is 18.9 Å². The van der Waals surface area contributed by atoms with Crippen LogP contribution in [-0.2, 0) is 4.74 Å². The maximum Gasteiger partial charge on any atom is 0.189 e. The Morgan fingerprint density at radius 2 is 2.31 bits per heavy atom. The largest absolute Gasteiger partial charge is 0.377 e. The Bertz CT molecular complexity index is 280. The topological polar surface area (TPSA) is 59.6 Å². The highest BCUT2D eigenvalue weighted by Crippen LogP contribution is 2.17. The van der Waals surface area contributed by atoms with Crippen LogP contribution in [0.3, 0.4) is 0 Å². The molecule has 16 heavy (non-hydrogen) atoms. The second-order valence-electron chi connectivity index (χ2n) is 4.51. The van der Waals surface area contributed by atoms with E-state index in [-0.39, 0.29) is 0 Å². The molecule has 0 saturated heterocycles. The fraction of sp³-hybridized carbons (Fsp3) is 0.750. The average Bonchev–Trinajstić information content (AvgIpc) is 2.81.